The first-order chi connectivity index (χ1) is 17.0. The molecule has 0 aliphatic carbocycles. The van der Waals surface area contributed by atoms with Gasteiger partial charge in [0.1, 0.15) is 18.2 Å². The molecule has 2 aliphatic heterocycles. The number of allylic oxidation sites excluding steroid dienone is 1. The van der Waals surface area contributed by atoms with E-state index in [1.807, 2.05) is 13.0 Å². The van der Waals surface area contributed by atoms with Crippen LogP contribution < -0.4 is 23.7 Å². The molecule has 3 heterocycles. The molecule has 0 fully saturated rings. The van der Waals surface area contributed by atoms with Crippen LogP contribution in [-0.4, -0.2) is 45.3 Å². The summed E-state index contributed by atoms with van der Waals surface area (Å²) in [4.78, 5) is 16.9. The Bertz CT molecular complexity index is 1300. The molecule has 0 spiro atoms. The zero-order valence-corrected chi connectivity index (χ0v) is 21.0. The number of hydrogen-bond acceptors (Lipinski definition) is 8. The standard InChI is InChI=1S/C27H27NO6S/c1-16-24-18(14-28(15-33-24)10-9-19-6-5-11-35-19)12-20-23(29)22(34-25(16)20)13-17-7-8-21(30-2)27(32-4)26(17)31-3/h5-8,11-13H,9-10,14-15H2,1-4H3/b22-13-. The van der Waals surface area contributed by atoms with Crippen molar-refractivity contribution in [1.82, 2.24) is 4.90 Å². The van der Waals surface area contributed by atoms with Gasteiger partial charge in [-0.05, 0) is 49.1 Å². The van der Waals surface area contributed by atoms with Gasteiger partial charge in [-0.25, -0.2) is 0 Å². The summed E-state index contributed by atoms with van der Waals surface area (Å²) in [6.45, 7) is 4.07. The molecule has 2 aromatic carbocycles. The third-order valence-corrected chi connectivity index (χ3v) is 7.21. The first-order valence-corrected chi connectivity index (χ1v) is 12.2. The van der Waals surface area contributed by atoms with Crippen LogP contribution in [0.1, 0.15) is 31.9 Å². The lowest BCUT2D eigenvalue weighted by molar-refractivity contribution is 0.0956. The molecule has 3 aromatic rings. The molecule has 0 bridgehead atoms. The van der Waals surface area contributed by atoms with Crippen molar-refractivity contribution in [3.05, 3.63) is 68.6 Å². The van der Waals surface area contributed by atoms with Gasteiger partial charge in [-0.15, -0.1) is 11.3 Å². The minimum Gasteiger partial charge on any atom is -0.493 e. The highest BCUT2D eigenvalue weighted by molar-refractivity contribution is 7.09. The zero-order valence-electron chi connectivity index (χ0n) is 20.2. The van der Waals surface area contributed by atoms with Gasteiger partial charge in [-0.2, -0.15) is 0 Å². The fourth-order valence-electron chi connectivity index (χ4n) is 4.54. The lowest BCUT2D eigenvalue weighted by Gasteiger charge is -2.30. The summed E-state index contributed by atoms with van der Waals surface area (Å²) in [6.07, 6.45) is 2.65. The van der Waals surface area contributed by atoms with E-state index < -0.39 is 0 Å². The number of benzene rings is 2. The van der Waals surface area contributed by atoms with E-state index in [0.29, 0.717) is 40.9 Å². The summed E-state index contributed by atoms with van der Waals surface area (Å²) < 4.78 is 28.6. The fraction of sp³-hybridized carbons (Fsp3) is 0.296. The van der Waals surface area contributed by atoms with Gasteiger partial charge >= 0.3 is 0 Å². The predicted molar refractivity (Wildman–Crippen MR) is 134 cm³/mol. The van der Waals surface area contributed by atoms with Gasteiger partial charge in [0, 0.05) is 34.7 Å². The highest BCUT2D eigenvalue weighted by Crippen LogP contribution is 2.45. The number of methoxy groups -OCH3 is 3. The van der Waals surface area contributed by atoms with Crippen LogP contribution in [0.5, 0.6) is 28.7 Å². The number of carbonyl (C=O) groups excluding carboxylic acids is 1. The predicted octanol–water partition coefficient (Wildman–Crippen LogP) is 5.09. The van der Waals surface area contributed by atoms with Gasteiger partial charge in [0.15, 0.2) is 17.3 Å². The number of fused-ring (bicyclic) bond motifs is 2. The molecule has 0 saturated heterocycles. The van der Waals surface area contributed by atoms with Gasteiger partial charge in [-0.1, -0.05) is 6.07 Å². The van der Waals surface area contributed by atoms with Gasteiger partial charge < -0.3 is 23.7 Å². The van der Waals surface area contributed by atoms with Gasteiger partial charge in [0.2, 0.25) is 11.5 Å². The van der Waals surface area contributed by atoms with Crippen LogP contribution >= 0.6 is 11.3 Å². The van der Waals surface area contributed by atoms with E-state index in [4.69, 9.17) is 23.7 Å². The maximum absolute atomic E-state index is 13.3. The largest absolute Gasteiger partial charge is 0.493 e. The number of carbonyl (C=O) groups is 1. The molecule has 5 rings (SSSR count). The lowest BCUT2D eigenvalue weighted by Crippen LogP contribution is -2.34. The van der Waals surface area contributed by atoms with E-state index in [0.717, 1.165) is 36.4 Å². The second kappa shape index (κ2) is 9.64. The monoisotopic (exact) mass is 493 g/mol. The van der Waals surface area contributed by atoms with Crippen molar-refractivity contribution in [3.8, 4) is 28.7 Å². The molecule has 0 unspecified atom stereocenters. The maximum atomic E-state index is 13.3. The van der Waals surface area contributed by atoms with Crippen molar-refractivity contribution >= 4 is 23.2 Å². The van der Waals surface area contributed by atoms with E-state index in [9.17, 15) is 4.79 Å². The second-order valence-corrected chi connectivity index (χ2v) is 9.42. The molecule has 35 heavy (non-hydrogen) atoms. The minimum atomic E-state index is -0.168. The Morgan fingerprint density at radius 2 is 1.91 bits per heavy atom. The van der Waals surface area contributed by atoms with E-state index >= 15 is 0 Å². The molecule has 182 valence electrons. The Balaban J connectivity index is 1.42. The smallest absolute Gasteiger partial charge is 0.231 e. The number of ketones is 1. The van der Waals surface area contributed by atoms with Crippen LogP contribution in [0.4, 0.5) is 0 Å². The lowest BCUT2D eigenvalue weighted by atomic mass is 10.00. The number of hydrogen-bond donors (Lipinski definition) is 0. The Morgan fingerprint density at radius 1 is 1.09 bits per heavy atom. The second-order valence-electron chi connectivity index (χ2n) is 8.39. The van der Waals surface area contributed by atoms with Gasteiger partial charge in [0.05, 0.1) is 26.9 Å². The van der Waals surface area contributed by atoms with E-state index in [2.05, 4.69) is 22.4 Å². The SMILES string of the molecule is COc1ccc(/C=C2\Oc3c(cc4c(c3C)OCN(CCc3cccs3)C4)C2=O)c(OC)c1OC. The van der Waals surface area contributed by atoms with Crippen LogP contribution in [0.3, 0.4) is 0 Å². The average Bonchev–Trinajstić information content (AvgIpc) is 3.51. The maximum Gasteiger partial charge on any atom is 0.231 e. The average molecular weight is 494 g/mol. The van der Waals surface area contributed by atoms with E-state index in [1.54, 1.807) is 50.9 Å². The van der Waals surface area contributed by atoms with Crippen LogP contribution in [-0.2, 0) is 13.0 Å². The molecule has 0 amide bonds. The summed E-state index contributed by atoms with van der Waals surface area (Å²) in [5.74, 6) is 2.87. The molecule has 0 saturated carbocycles. The van der Waals surface area contributed by atoms with Crippen molar-refractivity contribution in [2.75, 3.05) is 34.6 Å². The number of rotatable bonds is 7. The molecule has 1 aromatic heterocycles. The third kappa shape index (κ3) is 4.24. The van der Waals surface area contributed by atoms with Gasteiger partial charge in [0.25, 0.3) is 0 Å². The summed E-state index contributed by atoms with van der Waals surface area (Å²) in [7, 11) is 4.65. The number of ether oxygens (including phenoxy) is 5. The van der Waals surface area contributed by atoms with Crippen molar-refractivity contribution in [1.29, 1.82) is 0 Å². The van der Waals surface area contributed by atoms with Crippen LogP contribution in [0.25, 0.3) is 6.08 Å². The quantitative estimate of drug-likeness (QED) is 0.425. The topological polar surface area (TPSA) is 66.5 Å². The Labute approximate surface area is 208 Å². The highest BCUT2D eigenvalue weighted by atomic mass is 32.1. The molecule has 0 N–H and O–H groups in total. The third-order valence-electron chi connectivity index (χ3n) is 6.28. The Morgan fingerprint density at radius 3 is 2.63 bits per heavy atom. The van der Waals surface area contributed by atoms with Crippen LogP contribution in [0.15, 0.2) is 41.5 Å². The molecule has 0 atom stereocenters. The molecular formula is C27H27NO6S. The zero-order chi connectivity index (χ0) is 24.5. The van der Waals surface area contributed by atoms with Crippen molar-refractivity contribution in [2.24, 2.45) is 0 Å². The van der Waals surface area contributed by atoms with Crippen molar-refractivity contribution in [3.63, 3.8) is 0 Å². The molecule has 7 nitrogen and oxygen atoms in total. The minimum absolute atomic E-state index is 0.168. The summed E-state index contributed by atoms with van der Waals surface area (Å²) in [5.41, 5.74) is 3.04. The summed E-state index contributed by atoms with van der Waals surface area (Å²) >= 11 is 1.77. The van der Waals surface area contributed by atoms with E-state index in [-0.39, 0.29) is 11.5 Å². The Hall–Kier alpha value is -3.49. The first-order valence-electron chi connectivity index (χ1n) is 11.3. The summed E-state index contributed by atoms with van der Waals surface area (Å²) in [5, 5.41) is 2.10. The fourth-order valence-corrected chi connectivity index (χ4v) is 5.24. The molecule has 0 radical (unpaired) electrons. The number of thiophene rings is 1. The van der Waals surface area contributed by atoms with Gasteiger partial charge in [-0.3, -0.25) is 9.69 Å². The molecule has 8 heteroatoms. The highest BCUT2D eigenvalue weighted by Gasteiger charge is 2.34. The molecule has 2 aliphatic rings. The first kappa shape index (κ1) is 23.3. The van der Waals surface area contributed by atoms with E-state index in [1.165, 1.54) is 4.88 Å². The Kier molecular flexibility index (Phi) is 6.40. The normalized spacial score (nSPS) is 15.9. The van der Waals surface area contributed by atoms with Crippen LogP contribution in [0, 0.1) is 6.92 Å². The number of Topliss-reactive ketones (excluding diaryl/α,β-unsaturated/α-hetero) is 1. The van der Waals surface area contributed by atoms with Crippen LogP contribution in [0.2, 0.25) is 0 Å². The number of nitrogens with zero attached hydrogens (tertiary/aromatic N) is 1. The summed E-state index contributed by atoms with van der Waals surface area (Å²) in [6, 6.07) is 9.70. The molecular weight excluding hydrogens is 466 g/mol. The van der Waals surface area contributed by atoms with Crippen molar-refractivity contribution < 1.29 is 28.5 Å². The van der Waals surface area contributed by atoms with Crippen molar-refractivity contribution in [2.45, 2.75) is 19.9 Å².